The van der Waals surface area contributed by atoms with Crippen molar-refractivity contribution in [1.29, 1.82) is 0 Å². The fourth-order valence-electron chi connectivity index (χ4n) is 2.62. The largest absolute Gasteiger partial charge is 0.486 e. The number of benzene rings is 2. The normalized spacial score (nSPS) is 14.9. The van der Waals surface area contributed by atoms with E-state index in [2.05, 4.69) is 4.40 Å². The highest BCUT2D eigenvalue weighted by Crippen LogP contribution is 2.35. The Morgan fingerprint density at radius 1 is 1.08 bits per heavy atom. The Morgan fingerprint density at radius 2 is 1.72 bits per heavy atom. The molecule has 0 spiro atoms. The predicted molar refractivity (Wildman–Crippen MR) is 95.7 cm³/mol. The standard InChI is InChI=1S/C17H16N2O4S2/c1-11-3-5-12(6-4-11)25(20,21)18-17-19(2)13-9-14-15(10-16(13)24-17)23-8-7-22-14/h3-6,9-10H,7-8H2,1-2H3/b18-17-. The molecule has 0 N–H and O–H groups in total. The van der Waals surface area contributed by atoms with Crippen LogP contribution < -0.4 is 14.3 Å². The number of sulfonamides is 1. The summed E-state index contributed by atoms with van der Waals surface area (Å²) in [6.07, 6.45) is 0. The second-order valence-electron chi connectivity index (χ2n) is 5.79. The summed E-state index contributed by atoms with van der Waals surface area (Å²) in [5, 5.41) is 0. The summed E-state index contributed by atoms with van der Waals surface area (Å²) in [6.45, 7) is 2.92. The third-order valence-electron chi connectivity index (χ3n) is 3.99. The van der Waals surface area contributed by atoms with E-state index >= 15 is 0 Å². The lowest BCUT2D eigenvalue weighted by Gasteiger charge is -2.18. The van der Waals surface area contributed by atoms with Gasteiger partial charge in [0.15, 0.2) is 11.5 Å². The molecule has 0 bridgehead atoms. The van der Waals surface area contributed by atoms with Gasteiger partial charge >= 0.3 is 0 Å². The van der Waals surface area contributed by atoms with E-state index in [0.717, 1.165) is 15.8 Å². The molecular weight excluding hydrogens is 360 g/mol. The molecule has 4 rings (SSSR count). The molecule has 0 fully saturated rings. The van der Waals surface area contributed by atoms with Gasteiger partial charge in [-0.2, -0.15) is 8.42 Å². The van der Waals surface area contributed by atoms with Gasteiger partial charge in [-0.25, -0.2) is 0 Å². The van der Waals surface area contributed by atoms with Gasteiger partial charge in [-0.3, -0.25) is 0 Å². The average Bonchev–Trinajstić information content (AvgIpc) is 2.88. The van der Waals surface area contributed by atoms with Crippen LogP contribution in [0.4, 0.5) is 0 Å². The first kappa shape index (κ1) is 16.2. The van der Waals surface area contributed by atoms with E-state index in [-0.39, 0.29) is 4.90 Å². The summed E-state index contributed by atoms with van der Waals surface area (Å²) in [7, 11) is -1.98. The minimum absolute atomic E-state index is 0.182. The van der Waals surface area contributed by atoms with Crippen molar-refractivity contribution in [2.24, 2.45) is 11.4 Å². The lowest BCUT2D eigenvalue weighted by Crippen LogP contribution is -2.15. The molecule has 1 aromatic heterocycles. The summed E-state index contributed by atoms with van der Waals surface area (Å²) in [5.41, 5.74) is 1.85. The van der Waals surface area contributed by atoms with Crippen LogP contribution in [-0.4, -0.2) is 26.2 Å². The van der Waals surface area contributed by atoms with Crippen molar-refractivity contribution in [3.05, 3.63) is 46.8 Å². The molecule has 1 aliphatic rings. The Bertz CT molecular complexity index is 1130. The number of aromatic nitrogens is 1. The van der Waals surface area contributed by atoms with Gasteiger partial charge in [0.2, 0.25) is 4.80 Å². The second-order valence-corrected chi connectivity index (χ2v) is 8.40. The lowest BCUT2D eigenvalue weighted by atomic mass is 10.2. The number of aryl methyl sites for hydroxylation is 2. The number of nitrogens with zero attached hydrogens (tertiary/aromatic N) is 2. The molecule has 1 aliphatic heterocycles. The zero-order valence-corrected chi connectivity index (χ0v) is 15.4. The Hall–Kier alpha value is -2.32. The molecule has 3 aromatic rings. The fourth-order valence-corrected chi connectivity index (χ4v) is 4.87. The van der Waals surface area contributed by atoms with Crippen LogP contribution in [0.5, 0.6) is 11.5 Å². The number of fused-ring (bicyclic) bond motifs is 2. The van der Waals surface area contributed by atoms with Crippen LogP contribution in [0.2, 0.25) is 0 Å². The Balaban J connectivity index is 1.87. The first-order chi connectivity index (χ1) is 11.9. The number of rotatable bonds is 2. The third-order valence-corrected chi connectivity index (χ3v) is 6.48. The van der Waals surface area contributed by atoms with Gasteiger partial charge in [0.25, 0.3) is 10.0 Å². The molecule has 6 nitrogen and oxygen atoms in total. The first-order valence-corrected chi connectivity index (χ1v) is 9.96. The molecule has 0 saturated carbocycles. The van der Waals surface area contributed by atoms with Crippen LogP contribution in [0.3, 0.4) is 0 Å². The topological polar surface area (TPSA) is 69.9 Å². The maximum absolute atomic E-state index is 12.6. The molecule has 25 heavy (non-hydrogen) atoms. The highest BCUT2D eigenvalue weighted by molar-refractivity contribution is 7.90. The zero-order chi connectivity index (χ0) is 17.6. The molecule has 2 aromatic carbocycles. The van der Waals surface area contributed by atoms with Crippen LogP contribution >= 0.6 is 11.3 Å². The SMILES string of the molecule is Cc1ccc(S(=O)(=O)/N=c2\sc3cc4c(cc3n2C)OCCO4)cc1. The predicted octanol–water partition coefficient (Wildman–Crippen LogP) is 2.61. The van der Waals surface area contributed by atoms with E-state index in [1.54, 1.807) is 35.9 Å². The minimum atomic E-state index is -3.77. The molecular formula is C17H16N2O4S2. The summed E-state index contributed by atoms with van der Waals surface area (Å²) < 4.78 is 43.0. The van der Waals surface area contributed by atoms with Crippen molar-refractivity contribution < 1.29 is 17.9 Å². The molecule has 130 valence electrons. The van der Waals surface area contributed by atoms with E-state index in [1.165, 1.54) is 11.3 Å². The smallest absolute Gasteiger partial charge is 0.285 e. The maximum Gasteiger partial charge on any atom is 0.285 e. The Kier molecular flexibility index (Phi) is 3.81. The van der Waals surface area contributed by atoms with Gasteiger partial charge in [-0.05, 0) is 19.1 Å². The monoisotopic (exact) mass is 376 g/mol. The maximum atomic E-state index is 12.6. The van der Waals surface area contributed by atoms with Crippen LogP contribution in [0, 0.1) is 6.92 Å². The Labute approximate surface area is 149 Å². The van der Waals surface area contributed by atoms with Crippen molar-refractivity contribution in [3.63, 3.8) is 0 Å². The van der Waals surface area contributed by atoms with Crippen LogP contribution in [-0.2, 0) is 17.1 Å². The molecule has 0 unspecified atom stereocenters. The number of hydrogen-bond donors (Lipinski definition) is 0. The molecule has 8 heteroatoms. The third kappa shape index (κ3) is 2.91. The zero-order valence-electron chi connectivity index (χ0n) is 13.7. The number of hydrogen-bond acceptors (Lipinski definition) is 5. The van der Waals surface area contributed by atoms with Gasteiger partial charge < -0.3 is 14.0 Å². The van der Waals surface area contributed by atoms with Gasteiger partial charge in [-0.15, -0.1) is 4.40 Å². The van der Waals surface area contributed by atoms with Crippen molar-refractivity contribution in [1.82, 2.24) is 4.57 Å². The number of ether oxygens (including phenoxy) is 2. The summed E-state index contributed by atoms with van der Waals surface area (Å²) in [5.74, 6) is 1.34. The molecule has 2 heterocycles. The molecule has 0 amide bonds. The van der Waals surface area contributed by atoms with Crippen LogP contribution in [0.15, 0.2) is 45.7 Å². The molecule has 0 radical (unpaired) electrons. The quantitative estimate of drug-likeness (QED) is 0.689. The van der Waals surface area contributed by atoms with Crippen molar-refractivity contribution in [2.75, 3.05) is 13.2 Å². The summed E-state index contributed by atoms with van der Waals surface area (Å²) in [4.78, 5) is 0.583. The van der Waals surface area contributed by atoms with Crippen molar-refractivity contribution in [2.45, 2.75) is 11.8 Å². The molecule has 0 saturated heterocycles. The van der Waals surface area contributed by atoms with E-state index < -0.39 is 10.0 Å². The van der Waals surface area contributed by atoms with E-state index in [9.17, 15) is 8.42 Å². The second kappa shape index (κ2) is 5.89. The van der Waals surface area contributed by atoms with Crippen LogP contribution in [0.25, 0.3) is 10.2 Å². The van der Waals surface area contributed by atoms with E-state index in [1.807, 2.05) is 19.1 Å². The van der Waals surface area contributed by atoms with E-state index in [0.29, 0.717) is 29.5 Å². The van der Waals surface area contributed by atoms with E-state index in [4.69, 9.17) is 9.47 Å². The highest BCUT2D eigenvalue weighted by atomic mass is 32.2. The summed E-state index contributed by atoms with van der Waals surface area (Å²) in [6, 6.07) is 10.4. The molecule has 0 atom stereocenters. The van der Waals surface area contributed by atoms with Crippen LogP contribution in [0.1, 0.15) is 5.56 Å². The minimum Gasteiger partial charge on any atom is -0.486 e. The number of thiazole rings is 1. The van der Waals surface area contributed by atoms with Gasteiger partial charge in [-0.1, -0.05) is 29.0 Å². The fraction of sp³-hybridized carbons (Fsp3) is 0.235. The average molecular weight is 376 g/mol. The van der Waals surface area contributed by atoms with Crippen molar-refractivity contribution in [3.8, 4) is 11.5 Å². The Morgan fingerprint density at radius 3 is 2.40 bits per heavy atom. The first-order valence-electron chi connectivity index (χ1n) is 7.71. The van der Waals surface area contributed by atoms with Gasteiger partial charge in [0.05, 0.1) is 15.1 Å². The summed E-state index contributed by atoms with van der Waals surface area (Å²) >= 11 is 1.30. The van der Waals surface area contributed by atoms with Gasteiger partial charge in [0.1, 0.15) is 13.2 Å². The van der Waals surface area contributed by atoms with Crippen molar-refractivity contribution >= 4 is 31.6 Å². The molecule has 0 aliphatic carbocycles. The highest BCUT2D eigenvalue weighted by Gasteiger charge is 2.17. The lowest BCUT2D eigenvalue weighted by molar-refractivity contribution is 0.172. The van der Waals surface area contributed by atoms with Gasteiger partial charge in [0, 0.05) is 19.2 Å².